The van der Waals surface area contributed by atoms with Crippen LogP contribution in [-0.4, -0.2) is 99.6 Å². The van der Waals surface area contributed by atoms with E-state index in [0.717, 1.165) is 135 Å². The number of nitrogens with one attached hydrogen (secondary N) is 1. The van der Waals surface area contributed by atoms with Crippen molar-refractivity contribution in [2.24, 2.45) is 0 Å². The van der Waals surface area contributed by atoms with Gasteiger partial charge in [-0.25, -0.2) is 0 Å². The van der Waals surface area contributed by atoms with Crippen molar-refractivity contribution in [2.45, 2.75) is 282 Å². The number of unbranched alkanes of at least 4 members (excludes halogenated alkanes) is 22. The standard InChI is InChI=1S/C66H111NO10/c1-4-7-10-13-16-19-22-25-26-27-28-29-30-31-32-33-34-36-39-42-45-48-51-54-61(71)77-64-63(73)62(72)60(55-68)76-66(64)75-56-57(58(69)52-49-46-43-40-38-35-23-20-17-14-11-8-5-2)67-65(74)59(70)53-50-47-44-41-37-24-21-18-15-12-9-6-3/h7,9-10,12,15-16,18-19,21,24-26,28-29,31-32,49,52,57-60,62-64,66,68-70,72-73H,4-6,8,11,13-14,17,20,22-23,27,30,33-48,50-51,53-56H2,1-3H3,(H,67,74)/b10-7-,12-9+,18-15+,19-16-,24-21-,26-25-,29-28-,32-31-,52-49+. The molecule has 11 nitrogen and oxygen atoms in total. The van der Waals surface area contributed by atoms with Crippen LogP contribution in [0.5, 0.6) is 0 Å². The highest BCUT2D eigenvalue weighted by Crippen LogP contribution is 2.26. The summed E-state index contributed by atoms with van der Waals surface area (Å²) in [6.45, 7) is 5.51. The van der Waals surface area contributed by atoms with Gasteiger partial charge in [0.05, 0.1) is 25.4 Å². The molecule has 1 aliphatic heterocycles. The number of rotatable bonds is 50. The molecule has 440 valence electrons. The van der Waals surface area contributed by atoms with Gasteiger partial charge in [0, 0.05) is 6.42 Å². The number of carbonyl (C=O) groups excluding carboxylic acids is 2. The summed E-state index contributed by atoms with van der Waals surface area (Å²) < 4.78 is 17.6. The lowest BCUT2D eigenvalue weighted by molar-refractivity contribution is -0.305. The molecule has 1 saturated heterocycles. The molecule has 0 bridgehead atoms. The molecule has 0 spiro atoms. The van der Waals surface area contributed by atoms with Gasteiger partial charge in [-0.05, 0) is 89.9 Å². The van der Waals surface area contributed by atoms with Gasteiger partial charge < -0.3 is 45.1 Å². The van der Waals surface area contributed by atoms with Crippen LogP contribution in [0, 0.1) is 0 Å². The van der Waals surface area contributed by atoms with Crippen molar-refractivity contribution in [2.75, 3.05) is 13.2 Å². The fraction of sp³-hybridized carbons (Fsp3) is 0.697. The van der Waals surface area contributed by atoms with Gasteiger partial charge >= 0.3 is 5.97 Å². The van der Waals surface area contributed by atoms with E-state index >= 15 is 0 Å². The topological polar surface area (TPSA) is 175 Å². The number of ether oxygens (including phenoxy) is 3. The van der Waals surface area contributed by atoms with Crippen LogP contribution in [0.15, 0.2) is 109 Å². The molecule has 0 aliphatic carbocycles. The second kappa shape index (κ2) is 53.0. The Kier molecular flexibility index (Phi) is 49.1. The van der Waals surface area contributed by atoms with Gasteiger partial charge in [-0.3, -0.25) is 9.59 Å². The predicted molar refractivity (Wildman–Crippen MR) is 319 cm³/mol. The van der Waals surface area contributed by atoms with Crippen molar-refractivity contribution in [3.05, 3.63) is 109 Å². The average molecular weight is 1080 g/mol. The molecule has 1 rings (SSSR count). The molecule has 0 aromatic heterocycles. The molecule has 1 aliphatic rings. The zero-order valence-corrected chi connectivity index (χ0v) is 48.5. The zero-order chi connectivity index (χ0) is 56.1. The van der Waals surface area contributed by atoms with E-state index in [0.29, 0.717) is 12.8 Å². The highest BCUT2D eigenvalue weighted by Gasteiger charge is 2.47. The zero-order valence-electron chi connectivity index (χ0n) is 48.5. The first-order chi connectivity index (χ1) is 37.7. The molecule has 1 amide bonds. The normalized spacial score (nSPS) is 19.8. The van der Waals surface area contributed by atoms with Gasteiger partial charge in [0.15, 0.2) is 12.4 Å². The molecule has 0 radical (unpaired) electrons. The van der Waals surface area contributed by atoms with Crippen molar-refractivity contribution in [3.8, 4) is 0 Å². The smallest absolute Gasteiger partial charge is 0.306 e. The maximum Gasteiger partial charge on any atom is 0.306 e. The molecule has 0 saturated carbocycles. The molecule has 1 heterocycles. The van der Waals surface area contributed by atoms with Gasteiger partial charge in [-0.15, -0.1) is 0 Å². The maximum atomic E-state index is 13.4. The Morgan fingerprint density at radius 1 is 0.532 bits per heavy atom. The first-order valence-electron chi connectivity index (χ1n) is 30.7. The van der Waals surface area contributed by atoms with Crippen LogP contribution in [0.1, 0.15) is 233 Å². The maximum absolute atomic E-state index is 13.4. The molecule has 8 unspecified atom stereocenters. The largest absolute Gasteiger partial charge is 0.454 e. The summed E-state index contributed by atoms with van der Waals surface area (Å²) >= 11 is 0. The van der Waals surface area contributed by atoms with Gasteiger partial charge in [0.2, 0.25) is 5.91 Å². The molecule has 6 N–H and O–H groups in total. The SMILES string of the molecule is CC/C=C\C/C=C\C/C=C\C/C=C\C/C=C\CCCCCCCCCC(=O)OC1C(OCC(NC(=O)C(O)CCCCCC\C=C/C=C/C=C/CC)C(O)/C=C/CCCCCCCCCCCCC)OC(CO)C(O)C1O. The van der Waals surface area contributed by atoms with Gasteiger partial charge in [-0.1, -0.05) is 246 Å². The first kappa shape index (κ1) is 71.3. The van der Waals surface area contributed by atoms with E-state index in [1.165, 1.54) is 51.4 Å². The van der Waals surface area contributed by atoms with E-state index in [9.17, 15) is 35.1 Å². The first-order valence-corrected chi connectivity index (χ1v) is 30.7. The molecule has 11 heteroatoms. The second-order valence-electron chi connectivity index (χ2n) is 20.7. The third-order valence-corrected chi connectivity index (χ3v) is 13.7. The van der Waals surface area contributed by atoms with E-state index in [-0.39, 0.29) is 19.4 Å². The summed E-state index contributed by atoms with van der Waals surface area (Å²) in [5.41, 5.74) is 0. The lowest BCUT2D eigenvalue weighted by atomic mass is 9.99. The molecular formula is C66H111NO10. The Bertz CT molecular complexity index is 1660. The Balaban J connectivity index is 2.67. The van der Waals surface area contributed by atoms with E-state index in [1.54, 1.807) is 6.08 Å². The molecule has 0 aromatic rings. The van der Waals surface area contributed by atoms with E-state index < -0.39 is 67.4 Å². The summed E-state index contributed by atoms with van der Waals surface area (Å²) in [5, 5.41) is 56.9. The molecule has 1 fully saturated rings. The fourth-order valence-corrected chi connectivity index (χ4v) is 8.91. The number of hydrogen-bond acceptors (Lipinski definition) is 10. The highest BCUT2D eigenvalue weighted by molar-refractivity contribution is 5.80. The molecule has 0 aromatic carbocycles. The van der Waals surface area contributed by atoms with Crippen molar-refractivity contribution < 1.29 is 49.3 Å². The minimum Gasteiger partial charge on any atom is -0.454 e. The average Bonchev–Trinajstić information content (AvgIpc) is 3.43. The Labute approximate surface area is 468 Å². The van der Waals surface area contributed by atoms with Gasteiger partial charge in [0.25, 0.3) is 0 Å². The van der Waals surface area contributed by atoms with Crippen molar-refractivity contribution >= 4 is 11.9 Å². The van der Waals surface area contributed by atoms with Crippen LogP contribution in [0.3, 0.4) is 0 Å². The number of aliphatic hydroxyl groups excluding tert-OH is 5. The quantitative estimate of drug-likeness (QED) is 0.0149. The monoisotopic (exact) mass is 1080 g/mol. The van der Waals surface area contributed by atoms with Crippen LogP contribution >= 0.6 is 0 Å². The Morgan fingerprint density at radius 3 is 1.55 bits per heavy atom. The summed E-state index contributed by atoms with van der Waals surface area (Å²) in [5.74, 6) is -1.23. The van der Waals surface area contributed by atoms with Gasteiger partial charge in [-0.2, -0.15) is 0 Å². The minimum absolute atomic E-state index is 0.102. The van der Waals surface area contributed by atoms with E-state index in [1.807, 2.05) is 30.4 Å². The van der Waals surface area contributed by atoms with Crippen molar-refractivity contribution in [1.29, 1.82) is 0 Å². The third kappa shape index (κ3) is 41.1. The highest BCUT2D eigenvalue weighted by atomic mass is 16.7. The third-order valence-electron chi connectivity index (χ3n) is 13.7. The van der Waals surface area contributed by atoms with Crippen LogP contribution < -0.4 is 5.32 Å². The lowest BCUT2D eigenvalue weighted by Gasteiger charge is -2.41. The predicted octanol–water partition coefficient (Wildman–Crippen LogP) is 14.5. The second-order valence-corrected chi connectivity index (χ2v) is 20.7. The summed E-state index contributed by atoms with van der Waals surface area (Å²) in [4.78, 5) is 26.5. The number of hydrogen-bond donors (Lipinski definition) is 6. The van der Waals surface area contributed by atoms with Gasteiger partial charge in [0.1, 0.15) is 24.4 Å². The summed E-state index contributed by atoms with van der Waals surface area (Å²) in [6, 6.07) is -1.04. The van der Waals surface area contributed by atoms with Crippen LogP contribution in [-0.2, 0) is 23.8 Å². The van der Waals surface area contributed by atoms with Crippen LogP contribution in [0.4, 0.5) is 0 Å². The Hall–Kier alpha value is -3.68. The fourth-order valence-electron chi connectivity index (χ4n) is 8.91. The number of carbonyl (C=O) groups is 2. The van der Waals surface area contributed by atoms with E-state index in [2.05, 4.69) is 99.0 Å². The molecular weight excluding hydrogens is 967 g/mol. The van der Waals surface area contributed by atoms with Crippen LogP contribution in [0.25, 0.3) is 0 Å². The number of allylic oxidation sites excluding steroid dienone is 17. The van der Waals surface area contributed by atoms with Crippen molar-refractivity contribution in [3.63, 3.8) is 0 Å². The summed E-state index contributed by atoms with van der Waals surface area (Å²) in [7, 11) is 0. The van der Waals surface area contributed by atoms with E-state index in [4.69, 9.17) is 14.2 Å². The number of aliphatic hydroxyl groups is 5. The number of esters is 1. The van der Waals surface area contributed by atoms with Crippen molar-refractivity contribution in [1.82, 2.24) is 5.32 Å². The summed E-state index contributed by atoms with van der Waals surface area (Å²) in [6.07, 6.45) is 61.3. The molecule has 8 atom stereocenters. The minimum atomic E-state index is -1.63. The Morgan fingerprint density at radius 2 is 1.00 bits per heavy atom. The lowest BCUT2D eigenvalue weighted by Crippen LogP contribution is -2.61. The molecule has 77 heavy (non-hydrogen) atoms. The van der Waals surface area contributed by atoms with Crippen LogP contribution in [0.2, 0.25) is 0 Å². The number of amides is 1.